The van der Waals surface area contributed by atoms with Crippen molar-refractivity contribution in [2.45, 2.75) is 13.3 Å². The van der Waals surface area contributed by atoms with Crippen LogP contribution in [0.15, 0.2) is 41.6 Å². The molecule has 2 rings (SSSR count). The summed E-state index contributed by atoms with van der Waals surface area (Å²) in [5.74, 6) is 0.171. The Morgan fingerprint density at radius 1 is 1.41 bits per heavy atom. The second-order valence-corrected chi connectivity index (χ2v) is 4.71. The van der Waals surface area contributed by atoms with Crippen molar-refractivity contribution in [3.63, 3.8) is 0 Å². The summed E-state index contributed by atoms with van der Waals surface area (Å²) < 4.78 is 7.16. The van der Waals surface area contributed by atoms with Crippen molar-refractivity contribution in [2.24, 2.45) is 12.1 Å². The number of nitrogens with zero attached hydrogens (tertiary/aromatic N) is 2. The molecule has 6 heteroatoms. The van der Waals surface area contributed by atoms with Gasteiger partial charge >= 0.3 is 0 Å². The first-order chi connectivity index (χ1) is 10.6. The molecule has 0 fully saturated rings. The first-order valence-electron chi connectivity index (χ1n) is 6.98. The molecule has 6 nitrogen and oxygen atoms in total. The van der Waals surface area contributed by atoms with Crippen LogP contribution in [0, 0.1) is 0 Å². The molecule has 22 heavy (non-hydrogen) atoms. The zero-order valence-corrected chi connectivity index (χ0v) is 12.6. The number of ether oxygens (including phenoxy) is 1. The number of aromatic hydroxyl groups is 1. The van der Waals surface area contributed by atoms with Crippen LogP contribution in [0.5, 0.6) is 11.5 Å². The summed E-state index contributed by atoms with van der Waals surface area (Å²) in [6.07, 6.45) is 3.51. The van der Waals surface area contributed by atoms with Crippen LogP contribution in [0.25, 0.3) is 0 Å². The van der Waals surface area contributed by atoms with Gasteiger partial charge in [0.15, 0.2) is 11.5 Å². The van der Waals surface area contributed by atoms with Gasteiger partial charge in [0.1, 0.15) is 0 Å². The maximum Gasteiger partial charge on any atom is 0.245 e. The molecule has 1 aromatic carbocycles. The summed E-state index contributed by atoms with van der Waals surface area (Å²) in [6, 6.07) is 8.86. The third-order valence-corrected chi connectivity index (χ3v) is 3.12. The number of nitrogens with one attached hydrogen (secondary N) is 1. The molecule has 0 saturated carbocycles. The lowest BCUT2D eigenvalue weighted by Crippen LogP contribution is -2.20. The van der Waals surface area contributed by atoms with E-state index in [-0.39, 0.29) is 18.1 Å². The van der Waals surface area contributed by atoms with Crippen LogP contribution in [-0.2, 0) is 18.3 Å². The number of carbonyl (C=O) groups is 1. The van der Waals surface area contributed by atoms with Crippen LogP contribution in [0.3, 0.4) is 0 Å². The van der Waals surface area contributed by atoms with Crippen LogP contribution in [0.1, 0.15) is 18.2 Å². The summed E-state index contributed by atoms with van der Waals surface area (Å²) in [7, 11) is 1.88. The highest BCUT2D eigenvalue weighted by atomic mass is 16.5. The smallest absolute Gasteiger partial charge is 0.245 e. The number of rotatable bonds is 6. The predicted octanol–water partition coefficient (Wildman–Crippen LogP) is 1.82. The molecule has 2 N–H and O–H groups in total. The Kier molecular flexibility index (Phi) is 5.19. The number of carbonyl (C=O) groups excluding carboxylic acids is 1. The molecular formula is C16H19N3O3. The molecule has 116 valence electrons. The highest BCUT2D eigenvalue weighted by molar-refractivity contribution is 5.86. The molecule has 2 aromatic rings. The summed E-state index contributed by atoms with van der Waals surface area (Å²) in [5.41, 5.74) is 3.81. The summed E-state index contributed by atoms with van der Waals surface area (Å²) in [4.78, 5) is 11.8. The second kappa shape index (κ2) is 7.31. The minimum Gasteiger partial charge on any atom is -0.504 e. The van der Waals surface area contributed by atoms with Crippen molar-refractivity contribution in [3.8, 4) is 11.5 Å². The van der Waals surface area contributed by atoms with Crippen molar-refractivity contribution >= 4 is 12.1 Å². The summed E-state index contributed by atoms with van der Waals surface area (Å²) in [5, 5.41) is 13.9. The minimum atomic E-state index is -0.224. The topological polar surface area (TPSA) is 75.8 Å². The van der Waals surface area contributed by atoms with E-state index in [1.54, 1.807) is 18.2 Å². The van der Waals surface area contributed by atoms with E-state index in [9.17, 15) is 9.90 Å². The van der Waals surface area contributed by atoms with E-state index in [1.807, 2.05) is 36.9 Å². The van der Waals surface area contributed by atoms with Crippen LogP contribution in [0.4, 0.5) is 0 Å². The number of phenols is 1. The lowest BCUT2D eigenvalue weighted by Gasteiger charge is -2.07. The van der Waals surface area contributed by atoms with E-state index < -0.39 is 0 Å². The molecule has 1 amide bonds. The van der Waals surface area contributed by atoms with E-state index in [4.69, 9.17) is 4.74 Å². The molecule has 0 spiro atoms. The Hall–Kier alpha value is -2.76. The predicted molar refractivity (Wildman–Crippen MR) is 84.1 cm³/mol. The average molecular weight is 301 g/mol. The summed E-state index contributed by atoms with van der Waals surface area (Å²) >= 11 is 0. The molecule has 0 aliphatic carbocycles. The number of hydrogen-bond donors (Lipinski definition) is 2. The Morgan fingerprint density at radius 3 is 2.91 bits per heavy atom. The third kappa shape index (κ3) is 3.88. The molecule has 0 aliphatic heterocycles. The molecular weight excluding hydrogens is 282 g/mol. The van der Waals surface area contributed by atoms with Gasteiger partial charge in [-0.3, -0.25) is 4.79 Å². The number of aromatic nitrogens is 1. The number of phenolic OH excluding ortho intramolecular Hbond substituents is 1. The van der Waals surface area contributed by atoms with E-state index in [0.717, 1.165) is 5.69 Å². The highest BCUT2D eigenvalue weighted by Gasteiger charge is 2.07. The number of hydrogen-bond acceptors (Lipinski definition) is 4. The molecule has 0 saturated heterocycles. The average Bonchev–Trinajstić information content (AvgIpc) is 2.88. The highest BCUT2D eigenvalue weighted by Crippen LogP contribution is 2.28. The SMILES string of the molecule is CCOc1cccc(/C=N\NC(=O)Cc2cccn2C)c1O. The molecule has 0 bridgehead atoms. The van der Waals surface area contributed by atoms with E-state index in [2.05, 4.69) is 10.5 Å². The van der Waals surface area contributed by atoms with Gasteiger partial charge in [0.25, 0.3) is 0 Å². The minimum absolute atomic E-state index is 0.00443. The maximum absolute atomic E-state index is 11.8. The van der Waals surface area contributed by atoms with Crippen LogP contribution in [0.2, 0.25) is 0 Å². The first-order valence-corrected chi connectivity index (χ1v) is 6.98. The fourth-order valence-electron chi connectivity index (χ4n) is 1.97. The zero-order chi connectivity index (χ0) is 15.9. The Morgan fingerprint density at radius 2 is 2.23 bits per heavy atom. The maximum atomic E-state index is 11.8. The Bertz CT molecular complexity index is 677. The van der Waals surface area contributed by atoms with Gasteiger partial charge in [0.2, 0.25) is 5.91 Å². The molecule has 1 aromatic heterocycles. The molecule has 0 aliphatic rings. The van der Waals surface area contributed by atoms with Crippen LogP contribution in [-0.4, -0.2) is 28.4 Å². The van der Waals surface area contributed by atoms with E-state index >= 15 is 0 Å². The van der Waals surface area contributed by atoms with Gasteiger partial charge in [-0.25, -0.2) is 5.43 Å². The van der Waals surface area contributed by atoms with Crippen molar-refractivity contribution in [2.75, 3.05) is 6.61 Å². The van der Waals surface area contributed by atoms with Crippen molar-refractivity contribution in [3.05, 3.63) is 47.8 Å². The monoisotopic (exact) mass is 301 g/mol. The van der Waals surface area contributed by atoms with Gasteiger partial charge in [-0.05, 0) is 31.2 Å². The fraction of sp³-hybridized carbons (Fsp3) is 0.250. The summed E-state index contributed by atoms with van der Waals surface area (Å²) in [6.45, 7) is 2.30. The number of aryl methyl sites for hydroxylation is 1. The van der Waals surface area contributed by atoms with Gasteiger partial charge in [0.05, 0.1) is 19.2 Å². The van der Waals surface area contributed by atoms with Gasteiger partial charge in [-0.15, -0.1) is 0 Å². The molecule has 0 atom stereocenters. The fourth-order valence-corrected chi connectivity index (χ4v) is 1.97. The first kappa shape index (κ1) is 15.6. The molecule has 0 radical (unpaired) electrons. The largest absolute Gasteiger partial charge is 0.504 e. The number of benzene rings is 1. The number of para-hydroxylation sites is 1. The number of amides is 1. The molecule has 0 unspecified atom stereocenters. The second-order valence-electron chi connectivity index (χ2n) is 4.71. The van der Waals surface area contributed by atoms with Crippen molar-refractivity contribution in [1.82, 2.24) is 9.99 Å². The van der Waals surface area contributed by atoms with E-state index in [0.29, 0.717) is 17.9 Å². The van der Waals surface area contributed by atoms with Gasteiger partial charge in [-0.1, -0.05) is 6.07 Å². The lowest BCUT2D eigenvalue weighted by molar-refractivity contribution is -0.120. The molecule has 1 heterocycles. The quantitative estimate of drug-likeness (QED) is 0.631. The normalized spacial score (nSPS) is 10.8. The Balaban J connectivity index is 1.96. The standard InChI is InChI=1S/C16H19N3O3/c1-3-22-14-8-4-6-12(16(14)21)11-17-18-15(20)10-13-7-5-9-19(13)2/h4-9,11,21H,3,10H2,1-2H3,(H,18,20)/b17-11-. The van der Waals surface area contributed by atoms with E-state index in [1.165, 1.54) is 6.21 Å². The lowest BCUT2D eigenvalue weighted by atomic mass is 10.2. The van der Waals surface area contributed by atoms with Gasteiger partial charge in [0, 0.05) is 24.5 Å². The van der Waals surface area contributed by atoms with Gasteiger partial charge < -0.3 is 14.4 Å². The number of hydrazone groups is 1. The van der Waals surface area contributed by atoms with Crippen LogP contribution >= 0.6 is 0 Å². The van der Waals surface area contributed by atoms with Crippen molar-refractivity contribution in [1.29, 1.82) is 0 Å². The zero-order valence-electron chi connectivity index (χ0n) is 12.6. The Labute approximate surface area is 129 Å². The third-order valence-electron chi connectivity index (χ3n) is 3.12. The van der Waals surface area contributed by atoms with Crippen molar-refractivity contribution < 1.29 is 14.6 Å². The van der Waals surface area contributed by atoms with Gasteiger partial charge in [-0.2, -0.15) is 5.10 Å². The van der Waals surface area contributed by atoms with Crippen LogP contribution < -0.4 is 10.2 Å².